The van der Waals surface area contributed by atoms with Crippen molar-refractivity contribution in [3.8, 4) is 0 Å². The van der Waals surface area contributed by atoms with E-state index in [0.29, 0.717) is 20.5 Å². The molecule has 1 N–H and O–H groups in total. The van der Waals surface area contributed by atoms with Crippen molar-refractivity contribution in [2.75, 3.05) is 11.1 Å². The maximum Gasteiger partial charge on any atom is 0.277 e. The first kappa shape index (κ1) is 16.1. The van der Waals surface area contributed by atoms with Crippen molar-refractivity contribution in [3.05, 3.63) is 40.9 Å². The number of thioether (sulfide) groups is 1. The maximum atomic E-state index is 13.2. The molecule has 3 aromatic rings. The number of aromatic nitrogens is 3. The Kier molecular flexibility index (Phi) is 4.74. The molecule has 9 heteroatoms. The van der Waals surface area contributed by atoms with E-state index >= 15 is 0 Å². The van der Waals surface area contributed by atoms with Gasteiger partial charge in [-0.25, -0.2) is 19.3 Å². The number of hydrogen-bond acceptors (Lipinski definition) is 6. The Labute approximate surface area is 144 Å². The quantitative estimate of drug-likeness (QED) is 0.551. The molecule has 0 aliphatic rings. The number of halogens is 2. The fraction of sp³-hybridized carbons (Fsp3) is 0.143. The van der Waals surface area contributed by atoms with Gasteiger partial charge in [0.25, 0.3) is 5.91 Å². The number of anilines is 1. The average Bonchev–Trinajstić information content (AvgIpc) is 2.90. The molecule has 2 heterocycles. The third-order valence-corrected chi connectivity index (χ3v) is 4.74. The maximum absolute atomic E-state index is 13.2. The van der Waals surface area contributed by atoms with Gasteiger partial charge in [0.1, 0.15) is 5.82 Å². The number of carbonyl (C=O) groups excluding carboxylic acids is 1. The van der Waals surface area contributed by atoms with E-state index in [2.05, 4.69) is 20.3 Å². The van der Waals surface area contributed by atoms with Crippen LogP contribution in [-0.4, -0.2) is 26.6 Å². The van der Waals surface area contributed by atoms with E-state index in [0.717, 1.165) is 5.75 Å². The van der Waals surface area contributed by atoms with Crippen molar-refractivity contribution in [2.45, 2.75) is 12.1 Å². The fourth-order valence-electron chi connectivity index (χ4n) is 1.82. The minimum absolute atomic E-state index is 0.0862. The third kappa shape index (κ3) is 3.60. The minimum atomic E-state index is -0.477. The van der Waals surface area contributed by atoms with E-state index in [4.69, 9.17) is 11.6 Å². The minimum Gasteiger partial charge on any atom is -0.296 e. The Bertz CT molecular complexity index is 886. The molecule has 3 rings (SSSR count). The van der Waals surface area contributed by atoms with Crippen LogP contribution in [0.3, 0.4) is 0 Å². The molecule has 5 nitrogen and oxygen atoms in total. The number of nitrogens with one attached hydrogen (secondary N) is 1. The van der Waals surface area contributed by atoms with Crippen LogP contribution >= 0.6 is 34.7 Å². The lowest BCUT2D eigenvalue weighted by molar-refractivity contribution is 0.102. The molecule has 0 aliphatic heterocycles. The molecule has 1 amide bonds. The van der Waals surface area contributed by atoms with Gasteiger partial charge in [-0.15, -0.1) is 0 Å². The third-order valence-electron chi connectivity index (χ3n) is 2.78. The molecule has 0 aliphatic carbocycles. The van der Waals surface area contributed by atoms with Crippen molar-refractivity contribution >= 4 is 56.0 Å². The van der Waals surface area contributed by atoms with Gasteiger partial charge in [-0.2, -0.15) is 0 Å². The zero-order valence-corrected chi connectivity index (χ0v) is 14.2. The van der Waals surface area contributed by atoms with Gasteiger partial charge >= 0.3 is 0 Å². The van der Waals surface area contributed by atoms with Gasteiger partial charge in [0.05, 0.1) is 21.4 Å². The number of amides is 1. The van der Waals surface area contributed by atoms with Crippen LogP contribution in [0.15, 0.2) is 29.6 Å². The molecule has 118 valence electrons. The first-order valence-electron chi connectivity index (χ1n) is 6.59. The number of carbonyl (C=O) groups is 1. The van der Waals surface area contributed by atoms with Crippen LogP contribution in [0.2, 0.25) is 5.02 Å². The number of benzene rings is 1. The van der Waals surface area contributed by atoms with Crippen LogP contribution in [0.5, 0.6) is 0 Å². The average molecular weight is 369 g/mol. The van der Waals surface area contributed by atoms with Crippen LogP contribution in [0.4, 0.5) is 9.52 Å². The Balaban J connectivity index is 1.86. The van der Waals surface area contributed by atoms with Crippen LogP contribution < -0.4 is 5.32 Å². The zero-order chi connectivity index (χ0) is 16.4. The number of nitrogens with zero attached hydrogens (tertiary/aromatic N) is 3. The molecular weight excluding hydrogens is 359 g/mol. The molecule has 0 saturated heterocycles. The molecule has 1 aromatic carbocycles. The second-order valence-corrected chi connectivity index (χ2v) is 7.04. The molecule has 2 aromatic heterocycles. The summed E-state index contributed by atoms with van der Waals surface area (Å²) >= 11 is 8.59. The lowest BCUT2D eigenvalue weighted by Gasteiger charge is -2.04. The normalized spacial score (nSPS) is 10.9. The summed E-state index contributed by atoms with van der Waals surface area (Å²) in [5.41, 5.74) is 0.700. The fourth-order valence-corrected chi connectivity index (χ4v) is 3.42. The van der Waals surface area contributed by atoms with Crippen LogP contribution in [0.1, 0.15) is 17.4 Å². The number of rotatable bonds is 4. The van der Waals surface area contributed by atoms with Crippen LogP contribution in [0.25, 0.3) is 10.2 Å². The summed E-state index contributed by atoms with van der Waals surface area (Å²) in [7, 11) is 0. The van der Waals surface area contributed by atoms with Gasteiger partial charge in [0.15, 0.2) is 16.0 Å². The zero-order valence-electron chi connectivity index (χ0n) is 11.8. The highest BCUT2D eigenvalue weighted by molar-refractivity contribution is 7.99. The largest absolute Gasteiger partial charge is 0.296 e. The van der Waals surface area contributed by atoms with E-state index < -0.39 is 5.91 Å². The summed E-state index contributed by atoms with van der Waals surface area (Å²) in [5, 5.41) is 3.64. The van der Waals surface area contributed by atoms with E-state index in [1.165, 1.54) is 41.4 Å². The van der Waals surface area contributed by atoms with Crippen molar-refractivity contribution < 1.29 is 9.18 Å². The van der Waals surface area contributed by atoms with Crippen molar-refractivity contribution in [3.63, 3.8) is 0 Å². The Hall–Kier alpha value is -1.77. The van der Waals surface area contributed by atoms with Crippen molar-refractivity contribution in [1.82, 2.24) is 15.0 Å². The topological polar surface area (TPSA) is 67.8 Å². The summed E-state index contributed by atoms with van der Waals surface area (Å²) < 4.78 is 13.8. The van der Waals surface area contributed by atoms with Gasteiger partial charge in [-0.3, -0.25) is 10.1 Å². The lowest BCUT2D eigenvalue weighted by atomic mass is 10.3. The summed E-state index contributed by atoms with van der Waals surface area (Å²) in [4.78, 5) is 24.8. The van der Waals surface area contributed by atoms with E-state index in [9.17, 15) is 9.18 Å². The highest BCUT2D eigenvalue weighted by Crippen LogP contribution is 2.27. The van der Waals surface area contributed by atoms with Gasteiger partial charge in [0, 0.05) is 0 Å². The Morgan fingerprint density at radius 2 is 2.26 bits per heavy atom. The Morgan fingerprint density at radius 3 is 3.04 bits per heavy atom. The SMILES string of the molecule is CCSc1ncc(Cl)c(C(=O)Nc2nc3ccc(F)cc3s2)n1. The lowest BCUT2D eigenvalue weighted by Crippen LogP contribution is -2.15. The molecule has 0 spiro atoms. The summed E-state index contributed by atoms with van der Waals surface area (Å²) in [6.45, 7) is 1.96. The summed E-state index contributed by atoms with van der Waals surface area (Å²) in [6.07, 6.45) is 1.40. The predicted molar refractivity (Wildman–Crippen MR) is 91.0 cm³/mol. The first-order valence-corrected chi connectivity index (χ1v) is 8.77. The molecule has 0 bridgehead atoms. The van der Waals surface area contributed by atoms with E-state index in [1.807, 2.05) is 6.92 Å². The predicted octanol–water partition coefficient (Wildman–Crippen LogP) is 4.24. The highest BCUT2D eigenvalue weighted by atomic mass is 35.5. The number of thiazole rings is 1. The monoisotopic (exact) mass is 368 g/mol. The molecule has 0 fully saturated rings. The second kappa shape index (κ2) is 6.77. The standard InChI is InChI=1S/C14H10ClFN4OS2/c1-2-22-13-17-6-8(15)11(19-13)12(21)20-14-18-9-4-3-7(16)5-10(9)23-14/h3-6H,2H2,1H3,(H,18,20,21). The molecule has 0 unspecified atom stereocenters. The number of hydrogen-bond donors (Lipinski definition) is 1. The van der Waals surface area contributed by atoms with Gasteiger partial charge in [-0.05, 0) is 24.0 Å². The van der Waals surface area contributed by atoms with Gasteiger partial charge < -0.3 is 0 Å². The summed E-state index contributed by atoms with van der Waals surface area (Å²) in [6, 6.07) is 4.25. The van der Waals surface area contributed by atoms with Gasteiger partial charge in [0.2, 0.25) is 0 Å². The number of fused-ring (bicyclic) bond motifs is 1. The van der Waals surface area contributed by atoms with Crippen molar-refractivity contribution in [2.24, 2.45) is 0 Å². The molecule has 0 atom stereocenters. The van der Waals surface area contributed by atoms with Crippen LogP contribution in [0, 0.1) is 5.82 Å². The van der Waals surface area contributed by atoms with E-state index in [-0.39, 0.29) is 16.5 Å². The van der Waals surface area contributed by atoms with E-state index in [1.54, 1.807) is 6.07 Å². The molecule has 0 saturated carbocycles. The van der Waals surface area contributed by atoms with Crippen molar-refractivity contribution in [1.29, 1.82) is 0 Å². The highest BCUT2D eigenvalue weighted by Gasteiger charge is 2.16. The summed E-state index contributed by atoms with van der Waals surface area (Å²) in [5.74, 6) is -0.0412. The molecule has 23 heavy (non-hydrogen) atoms. The molecular formula is C14H10ClFN4OS2. The smallest absolute Gasteiger partial charge is 0.277 e. The first-order chi connectivity index (χ1) is 11.1. The van der Waals surface area contributed by atoms with Crippen LogP contribution in [-0.2, 0) is 0 Å². The van der Waals surface area contributed by atoms with Gasteiger partial charge in [-0.1, -0.05) is 41.6 Å². The Morgan fingerprint density at radius 1 is 1.43 bits per heavy atom. The second-order valence-electron chi connectivity index (χ2n) is 4.37. The molecule has 0 radical (unpaired) electrons.